The average Bonchev–Trinajstić information content (AvgIpc) is 3.28. The summed E-state index contributed by atoms with van der Waals surface area (Å²) in [5.41, 5.74) is 1.18. The molecule has 0 bridgehead atoms. The van der Waals surface area contributed by atoms with Crippen molar-refractivity contribution in [2.45, 2.75) is 51.6 Å². The number of aliphatic hydroxyl groups is 1. The number of carbonyl (C=O) groups is 3. The molecular formula is C27H41N3O9. The van der Waals surface area contributed by atoms with Crippen LogP contribution in [0.3, 0.4) is 0 Å². The molecule has 2 atom stereocenters. The van der Waals surface area contributed by atoms with E-state index in [4.69, 9.17) is 23.7 Å². The van der Waals surface area contributed by atoms with Gasteiger partial charge < -0.3 is 44.3 Å². The summed E-state index contributed by atoms with van der Waals surface area (Å²) in [5.74, 6) is -0.839. The largest absolute Gasteiger partial charge is 0.490 e. The summed E-state index contributed by atoms with van der Waals surface area (Å²) < 4.78 is 27.3. The molecule has 0 spiro atoms. The molecule has 2 fully saturated rings. The minimum atomic E-state index is -0.811. The Kier molecular flexibility index (Phi) is 11.9. The van der Waals surface area contributed by atoms with E-state index in [1.165, 1.54) is 6.92 Å². The Morgan fingerprint density at radius 3 is 2.67 bits per heavy atom. The smallest absolute Gasteiger partial charge is 0.317 e. The number of urea groups is 1. The van der Waals surface area contributed by atoms with E-state index in [1.807, 2.05) is 13.8 Å². The third kappa shape index (κ3) is 10.7. The topological polar surface area (TPSA) is 145 Å². The van der Waals surface area contributed by atoms with E-state index in [0.717, 1.165) is 5.56 Å². The van der Waals surface area contributed by atoms with Crippen molar-refractivity contribution >= 4 is 17.8 Å². The first-order chi connectivity index (χ1) is 18.6. The Morgan fingerprint density at radius 2 is 1.97 bits per heavy atom. The Balaban J connectivity index is 1.34. The molecule has 218 valence electrons. The number of ketones is 1. The van der Waals surface area contributed by atoms with Gasteiger partial charge in [0.05, 0.1) is 25.4 Å². The molecule has 0 aliphatic carbocycles. The quantitative estimate of drug-likeness (QED) is 0.173. The maximum atomic E-state index is 12.2. The fourth-order valence-electron chi connectivity index (χ4n) is 4.13. The van der Waals surface area contributed by atoms with Crippen LogP contribution in [0, 0.1) is 0 Å². The van der Waals surface area contributed by atoms with Crippen LogP contribution in [0.15, 0.2) is 18.2 Å². The summed E-state index contributed by atoms with van der Waals surface area (Å²) >= 11 is 0. The standard InChI is InChI=1S/C27H41N3O9/c1-19(31)23-14-20(5-7-25(33)37-17-22-18-38-27(2,3)39-22)4-6-24(23)36-16-21(32)15-28-8-9-29-26(34)30-10-12-35-13-11-30/h4,6,14,21-22,28,32H,5,7-13,15-18H2,1-3H3,(H,29,34). The highest BCUT2D eigenvalue weighted by Crippen LogP contribution is 2.23. The molecule has 2 unspecified atom stereocenters. The van der Waals surface area contributed by atoms with Crippen molar-refractivity contribution in [2.24, 2.45) is 0 Å². The molecule has 3 rings (SSSR count). The number of nitrogens with one attached hydrogen (secondary N) is 2. The predicted molar refractivity (Wildman–Crippen MR) is 141 cm³/mol. The van der Waals surface area contributed by atoms with Crippen LogP contribution in [0.1, 0.15) is 43.1 Å². The minimum Gasteiger partial charge on any atom is -0.490 e. The van der Waals surface area contributed by atoms with E-state index in [-0.39, 0.29) is 50.1 Å². The highest BCUT2D eigenvalue weighted by Gasteiger charge is 2.33. The van der Waals surface area contributed by atoms with Gasteiger partial charge in [-0.1, -0.05) is 6.07 Å². The number of hydrogen-bond donors (Lipinski definition) is 3. The van der Waals surface area contributed by atoms with Gasteiger partial charge in [-0.15, -0.1) is 0 Å². The number of ether oxygens (including phenoxy) is 5. The van der Waals surface area contributed by atoms with Crippen LogP contribution >= 0.6 is 0 Å². The Labute approximate surface area is 229 Å². The van der Waals surface area contributed by atoms with Crippen molar-refractivity contribution < 1.29 is 43.2 Å². The third-order valence-corrected chi connectivity index (χ3v) is 6.23. The maximum Gasteiger partial charge on any atom is 0.317 e. The zero-order chi connectivity index (χ0) is 28.3. The lowest BCUT2D eigenvalue weighted by Gasteiger charge is -2.27. The van der Waals surface area contributed by atoms with Crippen molar-refractivity contribution in [3.8, 4) is 5.75 Å². The molecule has 2 heterocycles. The Hall–Kier alpha value is -2.77. The van der Waals surface area contributed by atoms with Crippen LogP contribution in [0.5, 0.6) is 5.75 Å². The SMILES string of the molecule is CC(=O)c1cc(CCC(=O)OCC2COC(C)(C)O2)ccc1OCC(O)CNCCNC(=O)N1CCOCC1. The molecule has 1 aromatic rings. The third-order valence-electron chi connectivity index (χ3n) is 6.23. The van der Waals surface area contributed by atoms with Crippen molar-refractivity contribution in [2.75, 3.05) is 65.8 Å². The molecule has 3 N–H and O–H groups in total. The van der Waals surface area contributed by atoms with Gasteiger partial charge in [-0.25, -0.2) is 4.79 Å². The van der Waals surface area contributed by atoms with E-state index in [0.29, 0.717) is 63.7 Å². The van der Waals surface area contributed by atoms with E-state index in [2.05, 4.69) is 10.6 Å². The first-order valence-corrected chi connectivity index (χ1v) is 13.4. The van der Waals surface area contributed by atoms with Gasteiger partial charge in [-0.05, 0) is 44.9 Å². The number of hydrogen-bond acceptors (Lipinski definition) is 10. The Bertz CT molecular complexity index is 966. The van der Waals surface area contributed by atoms with Gasteiger partial charge in [0.1, 0.15) is 31.2 Å². The highest BCUT2D eigenvalue weighted by atomic mass is 16.7. The highest BCUT2D eigenvalue weighted by molar-refractivity contribution is 5.97. The van der Waals surface area contributed by atoms with Crippen LogP contribution in [-0.4, -0.2) is 112 Å². The lowest BCUT2D eigenvalue weighted by atomic mass is 10.0. The number of carbonyl (C=O) groups excluding carboxylic acids is 3. The van der Waals surface area contributed by atoms with Gasteiger partial charge >= 0.3 is 12.0 Å². The normalized spacial score (nSPS) is 19.4. The number of amides is 2. The number of nitrogens with zero attached hydrogens (tertiary/aromatic N) is 1. The molecule has 2 aliphatic rings. The molecule has 39 heavy (non-hydrogen) atoms. The van der Waals surface area contributed by atoms with Crippen LogP contribution in [0.2, 0.25) is 0 Å². The Morgan fingerprint density at radius 1 is 1.21 bits per heavy atom. The zero-order valence-electron chi connectivity index (χ0n) is 23.0. The molecule has 1 aromatic carbocycles. The van der Waals surface area contributed by atoms with Crippen molar-refractivity contribution in [3.63, 3.8) is 0 Å². The maximum absolute atomic E-state index is 12.2. The van der Waals surface area contributed by atoms with Crippen LogP contribution in [0.4, 0.5) is 4.79 Å². The molecule has 12 nitrogen and oxygen atoms in total. The number of Topliss-reactive ketones (excluding diaryl/α,β-unsaturated/α-hetero) is 1. The zero-order valence-corrected chi connectivity index (χ0v) is 23.0. The number of esters is 1. The monoisotopic (exact) mass is 551 g/mol. The summed E-state index contributed by atoms with van der Waals surface area (Å²) in [6.45, 7) is 8.99. The van der Waals surface area contributed by atoms with Gasteiger partial charge in [0, 0.05) is 39.1 Å². The number of benzene rings is 1. The number of rotatable bonds is 14. The summed E-state index contributed by atoms with van der Waals surface area (Å²) in [5, 5.41) is 16.2. The fraction of sp³-hybridized carbons (Fsp3) is 0.667. The summed E-state index contributed by atoms with van der Waals surface area (Å²) in [4.78, 5) is 38.1. The fourth-order valence-corrected chi connectivity index (χ4v) is 4.13. The summed E-state index contributed by atoms with van der Waals surface area (Å²) in [6.07, 6.45) is -0.529. The van der Waals surface area contributed by atoms with Crippen molar-refractivity contribution in [1.82, 2.24) is 15.5 Å². The second-order valence-electron chi connectivity index (χ2n) is 10.0. The van der Waals surface area contributed by atoms with Crippen molar-refractivity contribution in [3.05, 3.63) is 29.3 Å². The number of aryl methyl sites for hydroxylation is 1. The molecule has 2 saturated heterocycles. The van der Waals surface area contributed by atoms with E-state index < -0.39 is 11.9 Å². The summed E-state index contributed by atoms with van der Waals surface area (Å²) in [7, 11) is 0. The molecule has 0 aromatic heterocycles. The average molecular weight is 552 g/mol. The van der Waals surface area contributed by atoms with E-state index >= 15 is 0 Å². The van der Waals surface area contributed by atoms with Gasteiger partial charge in [0.25, 0.3) is 0 Å². The molecular weight excluding hydrogens is 510 g/mol. The molecule has 12 heteroatoms. The molecule has 0 radical (unpaired) electrons. The van der Waals surface area contributed by atoms with Crippen molar-refractivity contribution in [1.29, 1.82) is 0 Å². The van der Waals surface area contributed by atoms with Gasteiger partial charge in [-0.3, -0.25) is 9.59 Å². The predicted octanol–water partition coefficient (Wildman–Crippen LogP) is 0.888. The molecule has 2 amide bonds. The second-order valence-corrected chi connectivity index (χ2v) is 10.0. The first kappa shape index (κ1) is 30.8. The van der Waals surface area contributed by atoms with E-state index in [9.17, 15) is 19.5 Å². The number of morpholine rings is 1. The second kappa shape index (κ2) is 15.1. The van der Waals surface area contributed by atoms with Gasteiger partial charge in [0.15, 0.2) is 11.6 Å². The lowest BCUT2D eigenvalue weighted by molar-refractivity contribution is -0.158. The lowest BCUT2D eigenvalue weighted by Crippen LogP contribution is -2.47. The van der Waals surface area contributed by atoms with Crippen LogP contribution < -0.4 is 15.4 Å². The minimum absolute atomic E-state index is 0.0111. The van der Waals surface area contributed by atoms with E-state index in [1.54, 1.807) is 23.1 Å². The number of aliphatic hydroxyl groups excluding tert-OH is 1. The summed E-state index contributed by atoms with van der Waals surface area (Å²) in [6, 6.07) is 5.03. The van der Waals surface area contributed by atoms with Crippen LogP contribution in [-0.2, 0) is 30.2 Å². The van der Waals surface area contributed by atoms with Crippen LogP contribution in [0.25, 0.3) is 0 Å². The molecule has 0 saturated carbocycles. The first-order valence-electron chi connectivity index (χ1n) is 13.4. The molecule has 2 aliphatic heterocycles. The van der Waals surface area contributed by atoms with Gasteiger partial charge in [0.2, 0.25) is 0 Å². The van der Waals surface area contributed by atoms with Gasteiger partial charge in [-0.2, -0.15) is 0 Å².